The lowest BCUT2D eigenvalue weighted by Crippen LogP contribution is -2.62. The third-order valence-electron chi connectivity index (χ3n) is 7.24. The molecule has 0 aliphatic carbocycles. The standard InChI is InChI=1S/C28H26N2O3/c1-27(2)25-21-7-5-4-6-18(21)9-12-23(25)30(14-15-31)28(27)17-29-26-22-16-20(32-3)11-8-19(22)10-13-24(26)33-28/h4-13,16-17,31H,14-15H2,1-3H3. The highest BCUT2D eigenvalue weighted by atomic mass is 16.5. The lowest BCUT2D eigenvalue weighted by molar-refractivity contribution is 0.0747. The first-order valence-electron chi connectivity index (χ1n) is 11.3. The molecule has 1 N–H and O–H groups in total. The largest absolute Gasteiger partial charge is 0.497 e. The molecule has 1 atom stereocenters. The normalized spacial score (nSPS) is 20.2. The molecule has 5 nitrogen and oxygen atoms in total. The Morgan fingerprint density at radius 1 is 0.970 bits per heavy atom. The molecule has 33 heavy (non-hydrogen) atoms. The average molecular weight is 439 g/mol. The van der Waals surface area contributed by atoms with E-state index in [1.54, 1.807) is 7.11 Å². The quantitative estimate of drug-likeness (QED) is 0.454. The molecule has 2 aliphatic rings. The van der Waals surface area contributed by atoms with Gasteiger partial charge in [0, 0.05) is 17.6 Å². The van der Waals surface area contributed by atoms with Gasteiger partial charge in [0.15, 0.2) is 0 Å². The molecule has 1 spiro atoms. The minimum Gasteiger partial charge on any atom is -0.497 e. The molecule has 0 fully saturated rings. The summed E-state index contributed by atoms with van der Waals surface area (Å²) >= 11 is 0. The number of hydrogen-bond donors (Lipinski definition) is 1. The Kier molecular flexibility index (Phi) is 4.23. The van der Waals surface area contributed by atoms with Crippen LogP contribution in [0, 0.1) is 0 Å². The van der Waals surface area contributed by atoms with E-state index in [2.05, 4.69) is 61.2 Å². The molecular weight excluding hydrogens is 412 g/mol. The fraction of sp³-hybridized carbons (Fsp3) is 0.250. The summed E-state index contributed by atoms with van der Waals surface area (Å²) in [4.78, 5) is 7.16. The summed E-state index contributed by atoms with van der Waals surface area (Å²) in [6, 6.07) is 22.8. The monoisotopic (exact) mass is 438 g/mol. The molecular formula is C28H26N2O3. The summed E-state index contributed by atoms with van der Waals surface area (Å²) in [5.41, 5.74) is 1.80. The summed E-state index contributed by atoms with van der Waals surface area (Å²) < 4.78 is 12.3. The number of ether oxygens (including phenoxy) is 2. The van der Waals surface area contributed by atoms with E-state index in [0.717, 1.165) is 33.6 Å². The molecule has 2 aliphatic heterocycles. The maximum atomic E-state index is 9.99. The zero-order chi connectivity index (χ0) is 22.8. The van der Waals surface area contributed by atoms with Crippen LogP contribution in [0.4, 0.5) is 11.4 Å². The predicted molar refractivity (Wildman–Crippen MR) is 133 cm³/mol. The Bertz CT molecular complexity index is 1440. The lowest BCUT2D eigenvalue weighted by Gasteiger charge is -2.46. The van der Waals surface area contributed by atoms with Crippen LogP contribution < -0.4 is 14.4 Å². The maximum Gasteiger partial charge on any atom is 0.229 e. The number of aliphatic hydroxyl groups is 1. The number of aliphatic imine (C=N–C) groups is 1. The van der Waals surface area contributed by atoms with Crippen molar-refractivity contribution in [3.8, 4) is 11.5 Å². The second-order valence-electron chi connectivity index (χ2n) is 9.24. The first-order valence-corrected chi connectivity index (χ1v) is 11.3. The summed E-state index contributed by atoms with van der Waals surface area (Å²) in [5.74, 6) is 1.51. The molecule has 1 unspecified atom stereocenters. The molecule has 0 bridgehead atoms. The van der Waals surface area contributed by atoms with Crippen molar-refractivity contribution in [3.05, 3.63) is 72.3 Å². The number of β-amino-alcohol motifs (C(OH)–C–C–N with tert-alkyl or cyclic N) is 1. The second-order valence-corrected chi connectivity index (χ2v) is 9.24. The molecule has 166 valence electrons. The smallest absolute Gasteiger partial charge is 0.229 e. The van der Waals surface area contributed by atoms with Gasteiger partial charge in [-0.25, -0.2) is 0 Å². The summed E-state index contributed by atoms with van der Waals surface area (Å²) in [5, 5.41) is 14.5. The van der Waals surface area contributed by atoms with Crippen molar-refractivity contribution in [1.82, 2.24) is 0 Å². The Hall–Kier alpha value is -3.57. The van der Waals surface area contributed by atoms with Crippen LogP contribution >= 0.6 is 0 Å². The van der Waals surface area contributed by atoms with Crippen molar-refractivity contribution in [2.45, 2.75) is 25.0 Å². The van der Waals surface area contributed by atoms with Gasteiger partial charge in [0.2, 0.25) is 5.72 Å². The fourth-order valence-electron chi connectivity index (χ4n) is 5.59. The van der Waals surface area contributed by atoms with Gasteiger partial charge in [-0.3, -0.25) is 4.99 Å². The SMILES string of the molecule is COc1ccc2ccc3c(c2c1)N=CC1(O3)N(CCO)c2ccc3ccccc3c2C1(C)C. The molecule has 0 saturated heterocycles. The highest BCUT2D eigenvalue weighted by Crippen LogP contribution is 2.56. The van der Waals surface area contributed by atoms with E-state index in [-0.39, 0.29) is 6.61 Å². The minimum absolute atomic E-state index is 0.0169. The van der Waals surface area contributed by atoms with Crippen LogP contribution in [0.5, 0.6) is 11.5 Å². The van der Waals surface area contributed by atoms with Crippen LogP contribution in [0.3, 0.4) is 0 Å². The van der Waals surface area contributed by atoms with Crippen molar-refractivity contribution >= 4 is 39.1 Å². The Morgan fingerprint density at radius 3 is 2.55 bits per heavy atom. The molecule has 5 heteroatoms. The maximum absolute atomic E-state index is 9.99. The van der Waals surface area contributed by atoms with Crippen molar-refractivity contribution in [1.29, 1.82) is 0 Å². The molecule has 0 amide bonds. The highest BCUT2D eigenvalue weighted by Gasteiger charge is 2.60. The first-order chi connectivity index (χ1) is 16.0. The predicted octanol–water partition coefficient (Wildman–Crippen LogP) is 5.58. The first kappa shape index (κ1) is 20.1. The fourth-order valence-corrected chi connectivity index (χ4v) is 5.59. The topological polar surface area (TPSA) is 54.3 Å². The molecule has 4 aromatic carbocycles. The van der Waals surface area contributed by atoms with E-state index in [0.29, 0.717) is 6.54 Å². The number of benzene rings is 4. The van der Waals surface area contributed by atoms with Crippen molar-refractivity contribution < 1.29 is 14.6 Å². The van der Waals surface area contributed by atoms with Crippen molar-refractivity contribution in [2.75, 3.05) is 25.2 Å². The molecule has 6 rings (SSSR count). The van der Waals surface area contributed by atoms with Gasteiger partial charge in [-0.05, 0) is 59.8 Å². The Labute approximate surface area is 192 Å². The molecule has 0 aromatic heterocycles. The average Bonchev–Trinajstić information content (AvgIpc) is 3.02. The number of fused-ring (bicyclic) bond motifs is 6. The van der Waals surface area contributed by atoms with Crippen LogP contribution in [0.1, 0.15) is 19.4 Å². The number of anilines is 1. The van der Waals surface area contributed by atoms with Gasteiger partial charge in [-0.1, -0.05) is 42.5 Å². The number of aliphatic hydroxyl groups excluding tert-OH is 1. The molecule has 0 radical (unpaired) electrons. The van der Waals surface area contributed by atoms with E-state index in [4.69, 9.17) is 14.5 Å². The minimum atomic E-state index is -0.859. The number of methoxy groups -OCH3 is 1. The van der Waals surface area contributed by atoms with Crippen LogP contribution in [0.15, 0.2) is 71.7 Å². The van der Waals surface area contributed by atoms with Crippen LogP contribution in [0.25, 0.3) is 21.5 Å². The zero-order valence-electron chi connectivity index (χ0n) is 19.0. The van der Waals surface area contributed by atoms with Crippen LogP contribution in [0.2, 0.25) is 0 Å². The Morgan fingerprint density at radius 2 is 1.73 bits per heavy atom. The van der Waals surface area contributed by atoms with Crippen LogP contribution in [-0.2, 0) is 5.41 Å². The summed E-state index contributed by atoms with van der Waals surface area (Å²) in [7, 11) is 1.67. The zero-order valence-corrected chi connectivity index (χ0v) is 19.0. The van der Waals surface area contributed by atoms with E-state index in [9.17, 15) is 5.11 Å². The second kappa shape index (κ2) is 6.96. The van der Waals surface area contributed by atoms with E-state index in [1.165, 1.54) is 16.3 Å². The highest BCUT2D eigenvalue weighted by molar-refractivity contribution is 6.02. The molecule has 2 heterocycles. The number of nitrogens with zero attached hydrogens (tertiary/aromatic N) is 2. The van der Waals surface area contributed by atoms with Gasteiger partial charge in [-0.15, -0.1) is 0 Å². The lowest BCUT2D eigenvalue weighted by atomic mass is 9.75. The molecule has 4 aromatic rings. The van der Waals surface area contributed by atoms with E-state index < -0.39 is 11.1 Å². The summed E-state index contributed by atoms with van der Waals surface area (Å²) in [6.07, 6.45) is 1.93. The van der Waals surface area contributed by atoms with Gasteiger partial charge in [0.1, 0.15) is 17.2 Å². The van der Waals surface area contributed by atoms with Crippen LogP contribution in [-0.4, -0.2) is 37.3 Å². The van der Waals surface area contributed by atoms with E-state index >= 15 is 0 Å². The van der Waals surface area contributed by atoms with Gasteiger partial charge < -0.3 is 19.5 Å². The van der Waals surface area contributed by atoms with Crippen molar-refractivity contribution in [2.24, 2.45) is 4.99 Å². The van der Waals surface area contributed by atoms with Gasteiger partial charge >= 0.3 is 0 Å². The van der Waals surface area contributed by atoms with Gasteiger partial charge in [-0.2, -0.15) is 0 Å². The molecule has 0 saturated carbocycles. The van der Waals surface area contributed by atoms with Gasteiger partial charge in [0.05, 0.1) is 25.3 Å². The summed E-state index contributed by atoms with van der Waals surface area (Å²) in [6.45, 7) is 4.87. The Balaban J connectivity index is 1.58. The third-order valence-corrected chi connectivity index (χ3v) is 7.24. The third kappa shape index (κ3) is 2.60. The number of rotatable bonds is 3. The van der Waals surface area contributed by atoms with E-state index in [1.807, 2.05) is 30.5 Å². The number of hydrogen-bond acceptors (Lipinski definition) is 5. The van der Waals surface area contributed by atoms with Crippen molar-refractivity contribution in [3.63, 3.8) is 0 Å². The van der Waals surface area contributed by atoms with Gasteiger partial charge in [0.25, 0.3) is 0 Å².